The molecule has 0 aliphatic carbocycles. The Morgan fingerprint density at radius 1 is 1.69 bits per heavy atom. The average Bonchev–Trinajstić information content (AvgIpc) is 2.59. The summed E-state index contributed by atoms with van der Waals surface area (Å²) in [6.45, 7) is 3.24. The fourth-order valence-corrected chi connectivity index (χ4v) is 1.10. The van der Waals surface area contributed by atoms with Crippen LogP contribution >= 0.6 is 0 Å². The van der Waals surface area contributed by atoms with Gasteiger partial charge in [-0.25, -0.2) is 9.13 Å². The van der Waals surface area contributed by atoms with Gasteiger partial charge >= 0.3 is 0 Å². The molecule has 0 fully saturated rings. The molecule has 0 amide bonds. The van der Waals surface area contributed by atoms with Crippen LogP contribution < -0.4 is 4.57 Å². The number of aliphatic imine (C=N–C) groups is 1. The molecule has 1 aromatic rings. The van der Waals surface area contributed by atoms with Crippen LogP contribution in [0.4, 0.5) is 0 Å². The molecular weight excluding hydrogens is 206 g/mol. The number of aliphatic hydroxyl groups is 1. The topological polar surface area (TPSA) is 87.5 Å². The standard InChI is InChI=1S/C8H15N2O.C2N3/c1-8-9(2)5-6-10(8)4-3-7-11;3-1-5-2-4/h5-6,11H,3-4,7H2,1-2H3;/q+1;-1. The monoisotopic (exact) mass is 221 g/mol. The van der Waals surface area contributed by atoms with Gasteiger partial charge in [0.05, 0.1) is 19.8 Å². The highest BCUT2D eigenvalue weighted by Crippen LogP contribution is 1.94. The Morgan fingerprint density at radius 3 is 2.69 bits per heavy atom. The maximum Gasteiger partial charge on any atom is 0.253 e. The van der Waals surface area contributed by atoms with Crippen molar-refractivity contribution in [3.63, 3.8) is 0 Å². The molecule has 1 rings (SSSR count). The summed E-state index contributed by atoms with van der Waals surface area (Å²) in [6, 6.07) is 1.28. The van der Waals surface area contributed by atoms with Crippen molar-refractivity contribution in [3.8, 4) is 6.19 Å². The van der Waals surface area contributed by atoms with Gasteiger partial charge in [0.1, 0.15) is 12.4 Å². The van der Waals surface area contributed by atoms with E-state index in [0.717, 1.165) is 13.0 Å². The summed E-state index contributed by atoms with van der Waals surface area (Å²) in [6.07, 6.45) is 6.16. The van der Waals surface area contributed by atoms with Crippen LogP contribution in [0.15, 0.2) is 17.4 Å². The van der Waals surface area contributed by atoms with Crippen molar-refractivity contribution in [2.45, 2.75) is 19.9 Å². The third-order valence-electron chi connectivity index (χ3n) is 2.05. The van der Waals surface area contributed by atoms with Gasteiger partial charge in [-0.3, -0.25) is 0 Å². The summed E-state index contributed by atoms with van der Waals surface area (Å²) in [7, 11) is 2.02. The third kappa shape index (κ3) is 5.05. The highest BCUT2D eigenvalue weighted by molar-refractivity contribution is 5.46. The first-order chi connectivity index (χ1) is 7.67. The van der Waals surface area contributed by atoms with Crippen LogP contribution in [0.5, 0.6) is 0 Å². The van der Waals surface area contributed by atoms with E-state index in [9.17, 15) is 0 Å². The molecule has 0 aliphatic rings. The lowest BCUT2D eigenvalue weighted by molar-refractivity contribution is -0.677. The molecule has 1 heterocycles. The van der Waals surface area contributed by atoms with E-state index in [1.807, 2.05) is 19.4 Å². The molecule has 0 bridgehead atoms. The van der Waals surface area contributed by atoms with Crippen LogP contribution in [-0.2, 0) is 13.6 Å². The van der Waals surface area contributed by atoms with E-state index in [4.69, 9.17) is 15.8 Å². The highest BCUT2D eigenvalue weighted by atomic mass is 16.3. The molecule has 1 N–H and O–H groups in total. The normalized spacial score (nSPS) is 8.38. The van der Waals surface area contributed by atoms with Gasteiger partial charge in [0.2, 0.25) is 0 Å². The van der Waals surface area contributed by atoms with Crippen LogP contribution in [0.1, 0.15) is 12.2 Å². The predicted molar refractivity (Wildman–Crippen MR) is 58.5 cm³/mol. The molecule has 1 aromatic heterocycles. The minimum atomic E-state index is 0.265. The summed E-state index contributed by atoms with van der Waals surface area (Å²) >= 11 is 0. The Morgan fingerprint density at radius 2 is 2.38 bits per heavy atom. The van der Waals surface area contributed by atoms with Crippen molar-refractivity contribution in [2.75, 3.05) is 6.61 Å². The van der Waals surface area contributed by atoms with Gasteiger partial charge in [0.25, 0.3) is 5.82 Å². The number of imidazole rings is 1. The van der Waals surface area contributed by atoms with E-state index in [1.54, 1.807) is 0 Å². The molecular formula is C10H15N5O. The van der Waals surface area contributed by atoms with E-state index >= 15 is 0 Å². The van der Waals surface area contributed by atoms with Crippen molar-refractivity contribution >= 4 is 6.01 Å². The summed E-state index contributed by atoms with van der Waals surface area (Å²) in [5.41, 5.74) is 0. The van der Waals surface area contributed by atoms with E-state index in [2.05, 4.69) is 21.1 Å². The smallest absolute Gasteiger partial charge is 0.253 e. The largest absolute Gasteiger partial charge is 0.422 e. The van der Waals surface area contributed by atoms with Crippen molar-refractivity contribution in [3.05, 3.63) is 23.6 Å². The Labute approximate surface area is 94.6 Å². The van der Waals surface area contributed by atoms with Crippen LogP contribution in [0.25, 0.3) is 5.41 Å². The maximum atomic E-state index is 8.61. The van der Waals surface area contributed by atoms with Gasteiger partial charge in [0, 0.05) is 20.0 Å². The zero-order chi connectivity index (χ0) is 12.4. The van der Waals surface area contributed by atoms with Gasteiger partial charge in [0.15, 0.2) is 0 Å². The summed E-state index contributed by atoms with van der Waals surface area (Å²) in [4.78, 5) is 2.58. The fraction of sp³-hybridized carbons (Fsp3) is 0.500. The molecule has 0 aromatic carbocycles. The molecule has 6 nitrogen and oxygen atoms in total. The number of aromatic nitrogens is 2. The van der Waals surface area contributed by atoms with E-state index in [-0.39, 0.29) is 6.61 Å². The first-order valence-corrected chi connectivity index (χ1v) is 4.77. The molecule has 0 unspecified atom stereocenters. The zero-order valence-electron chi connectivity index (χ0n) is 9.46. The Bertz CT molecular complexity index is 398. The molecule has 0 aliphatic heterocycles. The van der Waals surface area contributed by atoms with Crippen molar-refractivity contribution in [1.29, 1.82) is 5.26 Å². The molecule has 86 valence electrons. The minimum absolute atomic E-state index is 0.265. The Hall–Kier alpha value is -1.96. The number of hydrogen-bond donors (Lipinski definition) is 1. The minimum Gasteiger partial charge on any atom is -0.422 e. The summed E-state index contributed by atoms with van der Waals surface area (Å²) < 4.78 is 4.20. The molecule has 0 saturated carbocycles. The van der Waals surface area contributed by atoms with E-state index < -0.39 is 0 Å². The van der Waals surface area contributed by atoms with Crippen LogP contribution in [0.2, 0.25) is 0 Å². The Balaban J connectivity index is 0.000000385. The Kier molecular flexibility index (Phi) is 7.33. The van der Waals surface area contributed by atoms with Crippen LogP contribution in [-0.4, -0.2) is 22.3 Å². The number of nitrogens with zero attached hydrogens (tertiary/aromatic N) is 5. The molecule has 6 heteroatoms. The van der Waals surface area contributed by atoms with Gasteiger partial charge in [-0.05, 0) is 0 Å². The lowest BCUT2D eigenvalue weighted by atomic mass is 10.4. The zero-order valence-corrected chi connectivity index (χ0v) is 9.46. The molecule has 0 spiro atoms. The third-order valence-corrected chi connectivity index (χ3v) is 2.05. The lowest BCUT2D eigenvalue weighted by Crippen LogP contribution is -2.29. The van der Waals surface area contributed by atoms with Crippen LogP contribution in [0, 0.1) is 18.4 Å². The number of aliphatic hydroxyl groups excluding tert-OH is 1. The van der Waals surface area contributed by atoms with Gasteiger partial charge in [-0.1, -0.05) is 0 Å². The summed E-state index contributed by atoms with van der Waals surface area (Å²) in [5, 5.41) is 23.5. The number of nitriles is 1. The first kappa shape index (κ1) is 14.0. The van der Waals surface area contributed by atoms with Gasteiger partial charge in [-0.2, -0.15) is 5.26 Å². The molecule has 0 atom stereocenters. The predicted octanol–water partition coefficient (Wildman–Crippen LogP) is 0.214. The highest BCUT2D eigenvalue weighted by Gasteiger charge is 2.06. The lowest BCUT2D eigenvalue weighted by Gasteiger charge is -1.95. The average molecular weight is 221 g/mol. The SMILES string of the molecule is Cc1n(CCCO)cc[n+]1C.N#CN=C=[N-]. The van der Waals surface area contributed by atoms with Crippen molar-refractivity contribution in [2.24, 2.45) is 12.0 Å². The molecule has 0 saturated heterocycles. The first-order valence-electron chi connectivity index (χ1n) is 4.77. The fourth-order valence-electron chi connectivity index (χ4n) is 1.10. The maximum absolute atomic E-state index is 8.61. The second-order valence-electron chi connectivity index (χ2n) is 3.04. The van der Waals surface area contributed by atoms with Crippen molar-refractivity contribution in [1.82, 2.24) is 4.57 Å². The van der Waals surface area contributed by atoms with Crippen LogP contribution in [0.3, 0.4) is 0 Å². The molecule has 0 radical (unpaired) electrons. The van der Waals surface area contributed by atoms with E-state index in [1.165, 1.54) is 18.0 Å². The van der Waals surface area contributed by atoms with Gasteiger partial charge in [-0.15, -0.1) is 6.01 Å². The number of hydrogen-bond acceptors (Lipinski definition) is 3. The second kappa shape index (κ2) is 8.36. The second-order valence-corrected chi connectivity index (χ2v) is 3.04. The van der Waals surface area contributed by atoms with Gasteiger partial charge < -0.3 is 15.5 Å². The summed E-state index contributed by atoms with van der Waals surface area (Å²) in [5.74, 6) is 1.22. The van der Waals surface area contributed by atoms with Crippen molar-refractivity contribution < 1.29 is 9.67 Å². The quantitative estimate of drug-likeness (QED) is 0.449. The number of aryl methyl sites for hydroxylation is 2. The molecule has 16 heavy (non-hydrogen) atoms. The number of rotatable bonds is 3. The van der Waals surface area contributed by atoms with E-state index in [0.29, 0.717) is 0 Å².